The average Bonchev–Trinajstić information content (AvgIpc) is 2.53. The number of hydrogen-bond acceptors (Lipinski definition) is 4. The third kappa shape index (κ3) is 4.77. The number of benzene rings is 2. The van der Waals surface area contributed by atoms with Gasteiger partial charge in [-0.05, 0) is 30.3 Å². The van der Waals surface area contributed by atoms with Crippen LogP contribution in [0.1, 0.15) is 11.1 Å². The van der Waals surface area contributed by atoms with E-state index in [0.717, 1.165) is 17.7 Å². The zero-order valence-corrected chi connectivity index (χ0v) is 12.5. The summed E-state index contributed by atoms with van der Waals surface area (Å²) in [6, 6.07) is 15.9. The Morgan fingerprint density at radius 3 is 2.48 bits per heavy atom. The highest BCUT2D eigenvalue weighted by atomic mass is 16.7. The Balaban J connectivity index is 1.88. The van der Waals surface area contributed by atoms with Gasteiger partial charge in [-0.15, -0.1) is 0 Å². The van der Waals surface area contributed by atoms with Crippen molar-refractivity contribution in [2.45, 2.75) is 13.2 Å². The van der Waals surface area contributed by atoms with E-state index in [1.54, 1.807) is 7.11 Å². The zero-order chi connectivity index (χ0) is 14.9. The Morgan fingerprint density at radius 1 is 0.952 bits per heavy atom. The third-order valence-electron chi connectivity index (χ3n) is 3.02. The summed E-state index contributed by atoms with van der Waals surface area (Å²) in [6.07, 6.45) is 0. The smallest absolute Gasteiger partial charge is 0.189 e. The molecule has 0 amide bonds. The van der Waals surface area contributed by atoms with Crippen molar-refractivity contribution in [3.63, 3.8) is 0 Å². The molecule has 1 N–H and O–H groups in total. The van der Waals surface area contributed by atoms with Gasteiger partial charge in [-0.3, -0.25) is 0 Å². The van der Waals surface area contributed by atoms with E-state index in [4.69, 9.17) is 14.2 Å². The molecule has 0 unspecified atom stereocenters. The molecule has 0 heterocycles. The van der Waals surface area contributed by atoms with Crippen molar-refractivity contribution in [2.75, 3.05) is 21.0 Å². The molecule has 2 aromatic carbocycles. The Morgan fingerprint density at radius 2 is 1.76 bits per heavy atom. The molecule has 2 aromatic rings. The molecule has 0 aliphatic carbocycles. The van der Waals surface area contributed by atoms with Crippen LogP contribution in [-0.2, 0) is 17.9 Å². The van der Waals surface area contributed by atoms with E-state index in [-0.39, 0.29) is 6.79 Å². The van der Waals surface area contributed by atoms with Crippen LogP contribution in [0.15, 0.2) is 48.5 Å². The van der Waals surface area contributed by atoms with Gasteiger partial charge in [0, 0.05) is 6.54 Å². The van der Waals surface area contributed by atoms with Crippen LogP contribution in [0.2, 0.25) is 0 Å². The van der Waals surface area contributed by atoms with E-state index in [1.807, 2.05) is 55.6 Å². The molecule has 0 radical (unpaired) electrons. The van der Waals surface area contributed by atoms with Crippen molar-refractivity contribution in [1.82, 2.24) is 5.32 Å². The highest BCUT2D eigenvalue weighted by Gasteiger charge is 2.05. The third-order valence-corrected chi connectivity index (χ3v) is 3.02. The molecule has 0 aliphatic heterocycles. The zero-order valence-electron chi connectivity index (χ0n) is 12.5. The van der Waals surface area contributed by atoms with Crippen molar-refractivity contribution in [3.05, 3.63) is 59.7 Å². The Bertz CT molecular complexity index is 543. The molecule has 2 rings (SSSR count). The first-order valence-electron chi connectivity index (χ1n) is 6.89. The molecular formula is C17H21NO3. The van der Waals surface area contributed by atoms with E-state index in [2.05, 4.69) is 5.32 Å². The Kier molecular flexibility index (Phi) is 6.06. The van der Waals surface area contributed by atoms with Crippen LogP contribution in [-0.4, -0.2) is 21.0 Å². The highest BCUT2D eigenvalue weighted by molar-refractivity contribution is 5.42. The van der Waals surface area contributed by atoms with E-state index in [9.17, 15) is 0 Å². The number of methoxy groups -OCH3 is 1. The molecule has 4 heteroatoms. The molecule has 21 heavy (non-hydrogen) atoms. The quantitative estimate of drug-likeness (QED) is 0.598. The maximum atomic E-state index is 5.66. The summed E-state index contributed by atoms with van der Waals surface area (Å²) < 4.78 is 16.5. The Hall–Kier alpha value is -2.04. The molecule has 0 saturated carbocycles. The van der Waals surface area contributed by atoms with Crippen molar-refractivity contribution < 1.29 is 14.2 Å². The molecular weight excluding hydrogens is 266 g/mol. The average molecular weight is 287 g/mol. The fourth-order valence-corrected chi connectivity index (χ4v) is 1.99. The van der Waals surface area contributed by atoms with Gasteiger partial charge in [0.05, 0.1) is 13.7 Å². The summed E-state index contributed by atoms with van der Waals surface area (Å²) >= 11 is 0. The van der Waals surface area contributed by atoms with E-state index < -0.39 is 0 Å². The van der Waals surface area contributed by atoms with Gasteiger partial charge in [-0.1, -0.05) is 36.4 Å². The fraction of sp³-hybridized carbons (Fsp3) is 0.294. The molecule has 0 atom stereocenters. The van der Waals surface area contributed by atoms with Crippen LogP contribution >= 0.6 is 0 Å². The van der Waals surface area contributed by atoms with Crippen LogP contribution in [0.4, 0.5) is 0 Å². The molecule has 0 saturated heterocycles. The van der Waals surface area contributed by atoms with Crippen LogP contribution in [0, 0.1) is 0 Å². The van der Waals surface area contributed by atoms with Crippen molar-refractivity contribution in [2.24, 2.45) is 0 Å². The van der Waals surface area contributed by atoms with Gasteiger partial charge in [0.2, 0.25) is 0 Å². The standard InChI is InChI=1S/C17H21NO3/c1-18-11-15-8-9-16(19-2)17(10-15)21-13-20-12-14-6-4-3-5-7-14/h3-10,18H,11-13H2,1-2H3. The van der Waals surface area contributed by atoms with Gasteiger partial charge in [0.25, 0.3) is 0 Å². The highest BCUT2D eigenvalue weighted by Crippen LogP contribution is 2.28. The predicted molar refractivity (Wildman–Crippen MR) is 82.5 cm³/mol. The Labute approximate surface area is 125 Å². The maximum Gasteiger partial charge on any atom is 0.189 e. The number of ether oxygens (including phenoxy) is 3. The largest absolute Gasteiger partial charge is 0.493 e. The number of rotatable bonds is 8. The maximum absolute atomic E-state index is 5.66. The summed E-state index contributed by atoms with van der Waals surface area (Å²) in [5.41, 5.74) is 2.26. The normalized spacial score (nSPS) is 10.4. The molecule has 0 spiro atoms. The predicted octanol–water partition coefficient (Wildman–Crippen LogP) is 2.97. The van der Waals surface area contributed by atoms with Gasteiger partial charge < -0.3 is 19.5 Å². The van der Waals surface area contributed by atoms with Crippen LogP contribution < -0.4 is 14.8 Å². The van der Waals surface area contributed by atoms with Crippen LogP contribution in [0.5, 0.6) is 11.5 Å². The summed E-state index contributed by atoms with van der Waals surface area (Å²) in [4.78, 5) is 0. The molecule has 0 bridgehead atoms. The minimum absolute atomic E-state index is 0.189. The molecule has 112 valence electrons. The lowest BCUT2D eigenvalue weighted by Crippen LogP contribution is -2.07. The molecule has 0 fully saturated rings. The lowest BCUT2D eigenvalue weighted by molar-refractivity contribution is 0.00372. The minimum atomic E-state index is 0.189. The molecule has 0 aliphatic rings. The number of nitrogens with one attached hydrogen (secondary N) is 1. The van der Waals surface area contributed by atoms with Crippen molar-refractivity contribution >= 4 is 0 Å². The number of hydrogen-bond donors (Lipinski definition) is 1. The summed E-state index contributed by atoms with van der Waals surface area (Å²) in [6.45, 7) is 1.50. The summed E-state index contributed by atoms with van der Waals surface area (Å²) in [5, 5.41) is 3.11. The second-order valence-electron chi connectivity index (χ2n) is 4.61. The van der Waals surface area contributed by atoms with Gasteiger partial charge in [-0.25, -0.2) is 0 Å². The lowest BCUT2D eigenvalue weighted by Gasteiger charge is -2.12. The van der Waals surface area contributed by atoms with E-state index >= 15 is 0 Å². The van der Waals surface area contributed by atoms with Crippen molar-refractivity contribution in [3.8, 4) is 11.5 Å². The topological polar surface area (TPSA) is 39.7 Å². The van der Waals surface area contributed by atoms with Gasteiger partial charge in [0.15, 0.2) is 18.3 Å². The second-order valence-corrected chi connectivity index (χ2v) is 4.61. The molecule has 4 nitrogen and oxygen atoms in total. The first-order chi connectivity index (χ1) is 10.3. The van der Waals surface area contributed by atoms with Crippen LogP contribution in [0.25, 0.3) is 0 Å². The first-order valence-corrected chi connectivity index (χ1v) is 6.89. The SMILES string of the molecule is CNCc1ccc(OC)c(OCOCc2ccccc2)c1. The van der Waals surface area contributed by atoms with E-state index in [0.29, 0.717) is 18.1 Å². The van der Waals surface area contributed by atoms with Gasteiger partial charge in [0.1, 0.15) is 0 Å². The lowest BCUT2D eigenvalue weighted by atomic mass is 10.2. The summed E-state index contributed by atoms with van der Waals surface area (Å²) in [7, 11) is 3.54. The van der Waals surface area contributed by atoms with Crippen molar-refractivity contribution in [1.29, 1.82) is 0 Å². The summed E-state index contributed by atoms with van der Waals surface area (Å²) in [5.74, 6) is 1.40. The first kappa shape index (κ1) is 15.4. The minimum Gasteiger partial charge on any atom is -0.493 e. The fourth-order valence-electron chi connectivity index (χ4n) is 1.99. The van der Waals surface area contributed by atoms with Gasteiger partial charge >= 0.3 is 0 Å². The van der Waals surface area contributed by atoms with Gasteiger partial charge in [-0.2, -0.15) is 0 Å². The molecule has 0 aromatic heterocycles. The second kappa shape index (κ2) is 8.29. The van der Waals surface area contributed by atoms with Crippen LogP contribution in [0.3, 0.4) is 0 Å². The van der Waals surface area contributed by atoms with E-state index in [1.165, 1.54) is 0 Å². The monoisotopic (exact) mass is 287 g/mol.